The largest absolute Gasteiger partial charge is 0.461 e. The van der Waals surface area contributed by atoms with E-state index in [0.717, 1.165) is 43.5 Å². The van der Waals surface area contributed by atoms with Gasteiger partial charge in [0.15, 0.2) is 0 Å². The Morgan fingerprint density at radius 1 is 1.39 bits per heavy atom. The molecule has 0 unspecified atom stereocenters. The van der Waals surface area contributed by atoms with Gasteiger partial charge in [0, 0.05) is 19.5 Å². The Balaban J connectivity index is 1.40. The topological polar surface area (TPSA) is 99.6 Å². The number of anilines is 1. The van der Waals surface area contributed by atoms with E-state index in [4.69, 9.17) is 19.4 Å². The number of halogens is 2. The number of ether oxygens (including phenoxy) is 2. The summed E-state index contributed by atoms with van der Waals surface area (Å²) in [6.07, 6.45) is 1.68. The number of H-pyrrole nitrogens is 1. The maximum Gasteiger partial charge on any atom is 0.319 e. The standard InChI is InChI=1S/C21H26FIN6O3S/c1-20(30)9-28(5-6-31-10-20)17-13-14-15(16(23)27-26-14)33-18(13)25-19(24-17)32-11-21-3-2-4-29(21)8-12(22)7-21/h12,30H,2-11H2,1H3,(H,26,27)/t12-,20+,21+/m1/s1. The Hall–Kier alpha value is -1.35. The minimum Gasteiger partial charge on any atom is -0.461 e. The van der Waals surface area contributed by atoms with Crippen LogP contribution in [-0.2, 0) is 4.74 Å². The van der Waals surface area contributed by atoms with Gasteiger partial charge in [0.2, 0.25) is 0 Å². The van der Waals surface area contributed by atoms with E-state index in [2.05, 4.69) is 37.7 Å². The van der Waals surface area contributed by atoms with Gasteiger partial charge in [-0.1, -0.05) is 0 Å². The van der Waals surface area contributed by atoms with Gasteiger partial charge in [-0.3, -0.25) is 10.00 Å². The molecule has 0 saturated carbocycles. The highest BCUT2D eigenvalue weighted by atomic mass is 127. The summed E-state index contributed by atoms with van der Waals surface area (Å²) in [6, 6.07) is 0.286. The van der Waals surface area contributed by atoms with Crippen molar-refractivity contribution < 1.29 is 19.0 Å². The maximum atomic E-state index is 14.2. The van der Waals surface area contributed by atoms with E-state index in [1.807, 2.05) is 4.90 Å². The van der Waals surface area contributed by atoms with Gasteiger partial charge in [0.1, 0.15) is 38.2 Å². The van der Waals surface area contributed by atoms with Crippen molar-refractivity contribution >= 4 is 60.2 Å². The Labute approximate surface area is 207 Å². The van der Waals surface area contributed by atoms with Crippen LogP contribution in [0.4, 0.5) is 10.2 Å². The van der Waals surface area contributed by atoms with Crippen LogP contribution >= 0.6 is 33.9 Å². The van der Waals surface area contributed by atoms with Gasteiger partial charge in [-0.2, -0.15) is 15.1 Å². The van der Waals surface area contributed by atoms with Gasteiger partial charge >= 0.3 is 6.01 Å². The SMILES string of the molecule is C[C@@]1(O)COCCN(c2nc(OC[C@@]34CCCN3C[C@H](F)C4)nc3sc4c(I)[nH]nc4c23)C1. The lowest BCUT2D eigenvalue weighted by atomic mass is 9.95. The summed E-state index contributed by atoms with van der Waals surface area (Å²) in [4.78, 5) is 14.6. The molecule has 9 nitrogen and oxygen atoms in total. The summed E-state index contributed by atoms with van der Waals surface area (Å²) in [5.74, 6) is 0.686. The molecule has 178 valence electrons. The highest BCUT2D eigenvalue weighted by Gasteiger charge is 2.49. The van der Waals surface area contributed by atoms with E-state index in [-0.39, 0.29) is 18.2 Å². The fraction of sp³-hybridized carbons (Fsp3) is 0.667. The molecule has 6 heterocycles. The molecule has 3 aliphatic heterocycles. The van der Waals surface area contributed by atoms with Crippen molar-refractivity contribution in [3.8, 4) is 6.01 Å². The zero-order chi connectivity index (χ0) is 22.8. The number of thiophene rings is 1. The predicted molar refractivity (Wildman–Crippen MR) is 132 cm³/mol. The quantitative estimate of drug-likeness (QED) is 0.450. The van der Waals surface area contributed by atoms with Crippen LogP contribution in [0, 0.1) is 3.70 Å². The highest BCUT2D eigenvalue weighted by molar-refractivity contribution is 14.1. The summed E-state index contributed by atoms with van der Waals surface area (Å²) in [7, 11) is 0. The molecule has 3 fully saturated rings. The second kappa shape index (κ2) is 8.11. The second-order valence-corrected chi connectivity index (χ2v) is 11.7. The van der Waals surface area contributed by atoms with Crippen LogP contribution in [0.1, 0.15) is 26.2 Å². The number of aromatic nitrogens is 4. The first-order valence-corrected chi connectivity index (χ1v) is 13.1. The summed E-state index contributed by atoms with van der Waals surface area (Å²) >= 11 is 3.78. The predicted octanol–water partition coefficient (Wildman–Crippen LogP) is 2.72. The molecule has 6 rings (SSSR count). The molecule has 3 aromatic rings. The van der Waals surface area contributed by atoms with Crippen LogP contribution in [-0.4, -0.2) is 93.5 Å². The Morgan fingerprint density at radius 3 is 3.15 bits per heavy atom. The van der Waals surface area contributed by atoms with Crippen molar-refractivity contribution in [2.24, 2.45) is 0 Å². The number of alkyl halides is 1. The van der Waals surface area contributed by atoms with Gasteiger partial charge in [-0.05, 0) is 48.9 Å². The van der Waals surface area contributed by atoms with Crippen LogP contribution < -0.4 is 9.64 Å². The van der Waals surface area contributed by atoms with E-state index in [9.17, 15) is 9.50 Å². The van der Waals surface area contributed by atoms with E-state index < -0.39 is 11.8 Å². The van der Waals surface area contributed by atoms with E-state index >= 15 is 0 Å². The average molecular weight is 588 g/mol. The number of nitrogens with one attached hydrogen (secondary N) is 1. The minimum absolute atomic E-state index is 0.266. The number of fused-ring (bicyclic) bond motifs is 4. The van der Waals surface area contributed by atoms with Crippen molar-refractivity contribution in [2.75, 3.05) is 50.9 Å². The van der Waals surface area contributed by atoms with Crippen LogP contribution in [0.2, 0.25) is 0 Å². The molecule has 33 heavy (non-hydrogen) atoms. The van der Waals surface area contributed by atoms with Crippen molar-refractivity contribution in [1.29, 1.82) is 0 Å². The number of nitrogens with zero attached hydrogens (tertiary/aromatic N) is 5. The third kappa shape index (κ3) is 3.87. The Bertz CT molecular complexity index is 1200. The molecule has 2 N–H and O–H groups in total. The third-order valence-corrected chi connectivity index (χ3v) is 9.17. The van der Waals surface area contributed by atoms with Crippen LogP contribution in [0.3, 0.4) is 0 Å². The van der Waals surface area contributed by atoms with Crippen molar-refractivity contribution in [2.45, 2.75) is 43.5 Å². The fourth-order valence-corrected chi connectivity index (χ4v) is 7.18. The zero-order valence-corrected chi connectivity index (χ0v) is 21.3. The molecule has 0 bridgehead atoms. The first kappa shape index (κ1) is 22.1. The normalized spacial score (nSPS) is 30.9. The smallest absolute Gasteiger partial charge is 0.319 e. The number of aromatic amines is 1. The van der Waals surface area contributed by atoms with Gasteiger partial charge in [-0.25, -0.2) is 4.39 Å². The van der Waals surface area contributed by atoms with E-state index in [1.165, 1.54) is 0 Å². The van der Waals surface area contributed by atoms with Crippen molar-refractivity contribution in [1.82, 2.24) is 25.1 Å². The summed E-state index contributed by atoms with van der Waals surface area (Å²) < 4.78 is 28.0. The Kier molecular flexibility index (Phi) is 5.44. The molecular weight excluding hydrogens is 562 g/mol. The number of hydrogen-bond acceptors (Lipinski definition) is 9. The van der Waals surface area contributed by atoms with Crippen LogP contribution in [0.5, 0.6) is 6.01 Å². The number of hydrogen-bond donors (Lipinski definition) is 2. The molecule has 12 heteroatoms. The van der Waals surface area contributed by atoms with E-state index in [1.54, 1.807) is 18.3 Å². The number of β-amino-alcohol motifs (C(OH)–C–C–N with tert-alkyl or cyclic N) is 1. The van der Waals surface area contributed by atoms with Crippen molar-refractivity contribution in [3.05, 3.63) is 3.70 Å². The lowest BCUT2D eigenvalue weighted by Crippen LogP contribution is -2.43. The summed E-state index contributed by atoms with van der Waals surface area (Å²) in [6.45, 7) is 5.25. The second-order valence-electron chi connectivity index (χ2n) is 9.66. The summed E-state index contributed by atoms with van der Waals surface area (Å²) in [5, 5.41) is 19.2. The molecule has 3 aromatic heterocycles. The molecule has 0 spiro atoms. The van der Waals surface area contributed by atoms with Gasteiger partial charge in [-0.15, -0.1) is 11.3 Å². The molecule has 0 aliphatic carbocycles. The molecule has 3 aliphatic rings. The Morgan fingerprint density at radius 2 is 2.27 bits per heavy atom. The molecule has 0 amide bonds. The van der Waals surface area contributed by atoms with Gasteiger partial charge in [0.25, 0.3) is 0 Å². The number of aliphatic hydroxyl groups is 1. The van der Waals surface area contributed by atoms with Crippen LogP contribution in [0.25, 0.3) is 20.4 Å². The lowest BCUT2D eigenvalue weighted by Gasteiger charge is -2.31. The van der Waals surface area contributed by atoms with Crippen LogP contribution in [0.15, 0.2) is 0 Å². The molecule has 0 aromatic carbocycles. The first-order chi connectivity index (χ1) is 15.8. The first-order valence-electron chi connectivity index (χ1n) is 11.2. The molecular formula is C21H26FIN6O3S. The summed E-state index contributed by atoms with van der Waals surface area (Å²) in [5.41, 5.74) is -0.451. The third-order valence-electron chi connectivity index (χ3n) is 6.93. The minimum atomic E-state index is -1.01. The van der Waals surface area contributed by atoms with Crippen molar-refractivity contribution in [3.63, 3.8) is 0 Å². The van der Waals surface area contributed by atoms with Gasteiger partial charge < -0.3 is 19.5 Å². The maximum absolute atomic E-state index is 14.2. The highest BCUT2D eigenvalue weighted by Crippen LogP contribution is 2.42. The zero-order valence-electron chi connectivity index (χ0n) is 18.3. The van der Waals surface area contributed by atoms with Gasteiger partial charge in [0.05, 0.1) is 35.4 Å². The molecule has 3 atom stereocenters. The molecule has 3 saturated heterocycles. The lowest BCUT2D eigenvalue weighted by molar-refractivity contribution is -0.0123. The monoisotopic (exact) mass is 588 g/mol. The molecule has 0 radical (unpaired) electrons. The fourth-order valence-electron chi connectivity index (χ4n) is 5.49. The van der Waals surface area contributed by atoms with E-state index in [0.29, 0.717) is 45.1 Å². The number of rotatable bonds is 4. The average Bonchev–Trinajstić information content (AvgIpc) is 3.46.